The molecular weight excluding hydrogens is 292 g/mol. The Morgan fingerprint density at radius 2 is 1.83 bits per heavy atom. The predicted molar refractivity (Wildman–Crippen MR) is 90.0 cm³/mol. The Morgan fingerprint density at radius 1 is 1.13 bits per heavy atom. The van der Waals surface area contributed by atoms with E-state index in [0.29, 0.717) is 19.4 Å². The van der Waals surface area contributed by atoms with E-state index in [0.717, 1.165) is 25.7 Å². The molecule has 0 aliphatic heterocycles. The lowest BCUT2D eigenvalue weighted by atomic mass is 9.79. The Kier molecular flexibility index (Phi) is 9.12. The molecule has 0 spiro atoms. The quantitative estimate of drug-likeness (QED) is 0.326. The molecule has 0 aromatic rings. The van der Waals surface area contributed by atoms with Crippen molar-refractivity contribution in [1.29, 1.82) is 0 Å². The zero-order valence-corrected chi connectivity index (χ0v) is 14.9. The summed E-state index contributed by atoms with van der Waals surface area (Å²) in [6.45, 7) is 5.88. The van der Waals surface area contributed by atoms with Crippen LogP contribution in [0.15, 0.2) is 0 Å². The molecule has 0 bridgehead atoms. The number of carbonyl (C=O) groups excluding carboxylic acids is 3. The van der Waals surface area contributed by atoms with Gasteiger partial charge in [0.2, 0.25) is 0 Å². The van der Waals surface area contributed by atoms with Gasteiger partial charge < -0.3 is 4.74 Å². The third-order valence-electron chi connectivity index (χ3n) is 4.84. The van der Waals surface area contributed by atoms with E-state index < -0.39 is 11.9 Å². The molecule has 0 aromatic carbocycles. The smallest absolute Gasteiger partial charge is 0.316 e. The largest absolute Gasteiger partial charge is 0.465 e. The monoisotopic (exact) mass is 324 g/mol. The van der Waals surface area contributed by atoms with Crippen LogP contribution in [0.25, 0.3) is 0 Å². The first-order valence-electron chi connectivity index (χ1n) is 9.22. The Bertz CT molecular complexity index is 402. The Hall–Kier alpha value is -1.19. The van der Waals surface area contributed by atoms with E-state index in [2.05, 4.69) is 6.92 Å². The van der Waals surface area contributed by atoms with Crippen molar-refractivity contribution in [2.75, 3.05) is 6.61 Å². The van der Waals surface area contributed by atoms with Crippen molar-refractivity contribution in [2.24, 2.45) is 17.8 Å². The molecule has 0 radical (unpaired) electrons. The maximum Gasteiger partial charge on any atom is 0.316 e. The van der Waals surface area contributed by atoms with E-state index in [9.17, 15) is 14.4 Å². The number of hydrogen-bond acceptors (Lipinski definition) is 4. The van der Waals surface area contributed by atoms with Crippen LogP contribution in [0.1, 0.15) is 78.6 Å². The van der Waals surface area contributed by atoms with Gasteiger partial charge in [0.1, 0.15) is 17.5 Å². The van der Waals surface area contributed by atoms with Crippen LogP contribution in [0.4, 0.5) is 0 Å². The zero-order valence-electron chi connectivity index (χ0n) is 14.9. The molecule has 132 valence electrons. The van der Waals surface area contributed by atoms with Gasteiger partial charge >= 0.3 is 5.97 Å². The van der Waals surface area contributed by atoms with Gasteiger partial charge in [0.05, 0.1) is 6.61 Å². The number of unbranched alkanes of at least 4 members (excludes halogenated alkanes) is 4. The summed E-state index contributed by atoms with van der Waals surface area (Å²) in [5.41, 5.74) is 0. The second kappa shape index (κ2) is 10.6. The van der Waals surface area contributed by atoms with Crippen LogP contribution < -0.4 is 0 Å². The van der Waals surface area contributed by atoms with Gasteiger partial charge in [-0.2, -0.15) is 0 Å². The van der Waals surface area contributed by atoms with Crippen LogP contribution in [0.3, 0.4) is 0 Å². The third kappa shape index (κ3) is 6.08. The van der Waals surface area contributed by atoms with Crippen LogP contribution >= 0.6 is 0 Å². The fourth-order valence-electron chi connectivity index (χ4n) is 3.61. The van der Waals surface area contributed by atoms with Gasteiger partial charge in [0.25, 0.3) is 0 Å². The first-order valence-corrected chi connectivity index (χ1v) is 9.22. The molecule has 1 rings (SSSR count). The lowest BCUT2D eigenvalue weighted by molar-refractivity contribution is -0.154. The molecule has 4 heteroatoms. The first kappa shape index (κ1) is 19.9. The highest BCUT2D eigenvalue weighted by molar-refractivity contribution is 5.99. The van der Waals surface area contributed by atoms with Gasteiger partial charge in [-0.25, -0.2) is 0 Å². The number of carbonyl (C=O) groups is 3. The summed E-state index contributed by atoms with van der Waals surface area (Å²) in [6.07, 6.45) is 8.41. The summed E-state index contributed by atoms with van der Waals surface area (Å²) in [5, 5.41) is 0. The minimum atomic E-state index is -0.756. The minimum absolute atomic E-state index is 0.139. The summed E-state index contributed by atoms with van der Waals surface area (Å²) in [7, 11) is 0. The van der Waals surface area contributed by atoms with Crippen LogP contribution in [0.5, 0.6) is 0 Å². The maximum absolute atomic E-state index is 12.2. The van der Waals surface area contributed by atoms with E-state index in [1.807, 2.05) is 6.92 Å². The van der Waals surface area contributed by atoms with Gasteiger partial charge in [0, 0.05) is 12.3 Å². The van der Waals surface area contributed by atoms with Crippen molar-refractivity contribution in [1.82, 2.24) is 0 Å². The Morgan fingerprint density at radius 3 is 2.43 bits per heavy atom. The molecule has 0 amide bonds. The highest BCUT2D eigenvalue weighted by atomic mass is 16.5. The van der Waals surface area contributed by atoms with E-state index >= 15 is 0 Å². The Balaban J connectivity index is 2.66. The lowest BCUT2D eigenvalue weighted by Gasteiger charge is -2.24. The van der Waals surface area contributed by atoms with E-state index in [1.165, 1.54) is 26.2 Å². The van der Waals surface area contributed by atoms with E-state index in [-0.39, 0.29) is 23.4 Å². The third-order valence-corrected chi connectivity index (χ3v) is 4.84. The summed E-state index contributed by atoms with van der Waals surface area (Å²) >= 11 is 0. The molecule has 0 heterocycles. The van der Waals surface area contributed by atoms with Crippen molar-refractivity contribution < 1.29 is 19.1 Å². The van der Waals surface area contributed by atoms with E-state index in [4.69, 9.17) is 4.74 Å². The number of esters is 1. The number of hydrogen-bond donors (Lipinski definition) is 0. The molecule has 0 N–H and O–H groups in total. The molecule has 1 saturated carbocycles. The molecule has 1 aliphatic rings. The van der Waals surface area contributed by atoms with Crippen LogP contribution in [-0.4, -0.2) is 24.1 Å². The van der Waals surface area contributed by atoms with Crippen molar-refractivity contribution in [2.45, 2.75) is 78.6 Å². The summed E-state index contributed by atoms with van der Waals surface area (Å²) in [4.78, 5) is 36.4. The second-order valence-electron chi connectivity index (χ2n) is 6.73. The molecule has 0 saturated heterocycles. The molecule has 23 heavy (non-hydrogen) atoms. The molecule has 3 unspecified atom stereocenters. The number of rotatable bonds is 11. The number of Topliss-reactive ketones (excluding diaryl/α,β-unsaturated/α-hetero) is 2. The normalized spacial score (nSPS) is 22.1. The van der Waals surface area contributed by atoms with Crippen molar-refractivity contribution in [3.8, 4) is 0 Å². The fourth-order valence-corrected chi connectivity index (χ4v) is 3.61. The van der Waals surface area contributed by atoms with Crippen LogP contribution in [-0.2, 0) is 19.1 Å². The predicted octanol–water partition coefficient (Wildman–Crippen LogP) is 4.10. The van der Waals surface area contributed by atoms with Gasteiger partial charge in [0.15, 0.2) is 0 Å². The maximum atomic E-state index is 12.2. The Labute approximate surface area is 140 Å². The average Bonchev–Trinajstić information content (AvgIpc) is 2.86. The molecule has 3 atom stereocenters. The lowest BCUT2D eigenvalue weighted by Crippen LogP contribution is -2.35. The SMILES string of the molecule is CCCCCCCC1C(=O)CCC1C(C(C)=O)C(=O)OCCC. The van der Waals surface area contributed by atoms with Crippen molar-refractivity contribution in [3.05, 3.63) is 0 Å². The summed E-state index contributed by atoms with van der Waals surface area (Å²) in [6, 6.07) is 0. The highest BCUT2D eigenvalue weighted by Crippen LogP contribution is 2.38. The summed E-state index contributed by atoms with van der Waals surface area (Å²) in [5.74, 6) is -1.43. The van der Waals surface area contributed by atoms with Crippen molar-refractivity contribution in [3.63, 3.8) is 0 Å². The van der Waals surface area contributed by atoms with Gasteiger partial charge in [-0.1, -0.05) is 46.0 Å². The van der Waals surface area contributed by atoms with Crippen LogP contribution in [0.2, 0.25) is 0 Å². The number of ketones is 2. The van der Waals surface area contributed by atoms with Crippen molar-refractivity contribution >= 4 is 17.5 Å². The molecule has 1 aliphatic carbocycles. The van der Waals surface area contributed by atoms with Gasteiger partial charge in [-0.3, -0.25) is 14.4 Å². The molecule has 4 nitrogen and oxygen atoms in total. The highest BCUT2D eigenvalue weighted by Gasteiger charge is 2.44. The van der Waals surface area contributed by atoms with Gasteiger partial charge in [-0.05, 0) is 32.1 Å². The molecule has 1 fully saturated rings. The minimum Gasteiger partial charge on any atom is -0.465 e. The topological polar surface area (TPSA) is 60.4 Å². The fraction of sp³-hybridized carbons (Fsp3) is 0.842. The second-order valence-corrected chi connectivity index (χ2v) is 6.73. The molecule has 0 aromatic heterocycles. The average molecular weight is 324 g/mol. The summed E-state index contributed by atoms with van der Waals surface area (Å²) < 4.78 is 5.20. The van der Waals surface area contributed by atoms with Crippen LogP contribution in [0, 0.1) is 17.8 Å². The standard InChI is InChI=1S/C19H32O4/c1-4-6-7-8-9-10-15-16(11-12-17(15)21)18(14(3)20)19(22)23-13-5-2/h15-16,18H,4-13H2,1-3H3. The number of ether oxygens (including phenoxy) is 1. The first-order chi connectivity index (χ1) is 11.0. The molecular formula is C19H32O4. The van der Waals surface area contributed by atoms with E-state index in [1.54, 1.807) is 0 Å². The zero-order chi connectivity index (χ0) is 17.2. The van der Waals surface area contributed by atoms with Gasteiger partial charge in [-0.15, -0.1) is 0 Å².